The van der Waals surface area contributed by atoms with E-state index in [0.717, 1.165) is 36.3 Å². The topological polar surface area (TPSA) is 51.0 Å². The van der Waals surface area contributed by atoms with Crippen LogP contribution in [0, 0.1) is 0 Å². The van der Waals surface area contributed by atoms with Crippen LogP contribution < -0.4 is 5.73 Å². The number of ether oxygens (including phenoxy) is 1. The van der Waals surface area contributed by atoms with Crippen molar-refractivity contribution in [2.75, 3.05) is 19.5 Å². The number of aryl methyl sites for hydroxylation is 1. The molecule has 0 atom stereocenters. The number of hydrogen-bond donors (Lipinski definition) is 2. The Kier molecular flexibility index (Phi) is 3.93. The number of nitrogens with two attached hydrogens (primary N) is 1. The summed E-state index contributed by atoms with van der Waals surface area (Å²) in [4.78, 5) is 3.42. The fourth-order valence-electron chi connectivity index (χ4n) is 2.67. The van der Waals surface area contributed by atoms with Crippen LogP contribution in [0.5, 0.6) is 0 Å². The average molecular weight is 280 g/mol. The van der Waals surface area contributed by atoms with Gasteiger partial charge in [-0.3, -0.25) is 0 Å². The molecule has 3 rings (SSSR count). The Morgan fingerprint density at radius 2 is 1.90 bits per heavy atom. The number of benzene rings is 2. The van der Waals surface area contributed by atoms with Crippen molar-refractivity contribution in [3.8, 4) is 11.3 Å². The van der Waals surface area contributed by atoms with Crippen molar-refractivity contribution in [1.29, 1.82) is 0 Å². The molecule has 3 aromatic rings. The molecule has 0 aliphatic carbocycles. The zero-order valence-corrected chi connectivity index (χ0v) is 12.2. The van der Waals surface area contributed by atoms with Crippen LogP contribution >= 0.6 is 0 Å². The highest BCUT2D eigenvalue weighted by Gasteiger charge is 2.07. The molecule has 3 nitrogen and oxygen atoms in total. The first kappa shape index (κ1) is 13.7. The highest BCUT2D eigenvalue weighted by atomic mass is 16.5. The number of hydrogen-bond acceptors (Lipinski definition) is 2. The van der Waals surface area contributed by atoms with Crippen molar-refractivity contribution in [3.63, 3.8) is 0 Å². The van der Waals surface area contributed by atoms with E-state index < -0.39 is 0 Å². The lowest BCUT2D eigenvalue weighted by molar-refractivity contribution is 0.195. The van der Waals surface area contributed by atoms with Crippen molar-refractivity contribution in [2.45, 2.75) is 12.8 Å². The van der Waals surface area contributed by atoms with Crippen molar-refractivity contribution in [1.82, 2.24) is 4.98 Å². The quantitative estimate of drug-likeness (QED) is 0.548. The summed E-state index contributed by atoms with van der Waals surface area (Å²) in [5.74, 6) is 0. The number of methoxy groups -OCH3 is 1. The number of nitrogen functional groups attached to an aromatic ring is 1. The van der Waals surface area contributed by atoms with Crippen LogP contribution in [0.2, 0.25) is 0 Å². The van der Waals surface area contributed by atoms with Gasteiger partial charge in [0.15, 0.2) is 0 Å². The number of H-pyrrole nitrogens is 1. The Hall–Kier alpha value is -2.26. The minimum absolute atomic E-state index is 0.778. The summed E-state index contributed by atoms with van der Waals surface area (Å²) < 4.78 is 5.11. The Balaban J connectivity index is 1.95. The normalized spacial score (nSPS) is 11.1. The molecule has 1 aromatic heterocycles. The number of rotatable bonds is 5. The fourth-order valence-corrected chi connectivity index (χ4v) is 2.67. The number of aromatic nitrogens is 1. The molecule has 108 valence electrons. The predicted octanol–water partition coefficient (Wildman–Crippen LogP) is 4.00. The summed E-state index contributed by atoms with van der Waals surface area (Å²) in [6, 6.07) is 16.7. The molecule has 0 saturated carbocycles. The molecule has 2 aromatic carbocycles. The zero-order chi connectivity index (χ0) is 14.7. The van der Waals surface area contributed by atoms with E-state index in [9.17, 15) is 0 Å². The minimum Gasteiger partial charge on any atom is -0.397 e. The molecule has 0 radical (unpaired) electrons. The van der Waals surface area contributed by atoms with Gasteiger partial charge in [0.2, 0.25) is 0 Å². The van der Waals surface area contributed by atoms with Crippen LogP contribution in [-0.4, -0.2) is 18.7 Å². The Morgan fingerprint density at radius 3 is 2.67 bits per heavy atom. The molecule has 0 spiro atoms. The maximum atomic E-state index is 6.19. The predicted molar refractivity (Wildman–Crippen MR) is 88.3 cm³/mol. The molecule has 21 heavy (non-hydrogen) atoms. The van der Waals surface area contributed by atoms with Gasteiger partial charge < -0.3 is 15.5 Å². The molecule has 0 fully saturated rings. The lowest BCUT2D eigenvalue weighted by Crippen LogP contribution is -1.95. The van der Waals surface area contributed by atoms with Gasteiger partial charge in [-0.2, -0.15) is 0 Å². The number of fused-ring (bicyclic) bond motifs is 1. The molecule has 3 heteroatoms. The molecule has 0 unspecified atom stereocenters. The smallest absolute Gasteiger partial charge is 0.0692 e. The second-order valence-corrected chi connectivity index (χ2v) is 5.29. The van der Waals surface area contributed by atoms with E-state index in [-0.39, 0.29) is 0 Å². The molecule has 3 N–H and O–H groups in total. The summed E-state index contributed by atoms with van der Waals surface area (Å²) >= 11 is 0. The lowest BCUT2D eigenvalue weighted by atomic mass is 10.1. The largest absolute Gasteiger partial charge is 0.397 e. The van der Waals surface area contributed by atoms with Crippen LogP contribution in [0.3, 0.4) is 0 Å². The van der Waals surface area contributed by atoms with Gasteiger partial charge in [0.05, 0.1) is 11.2 Å². The molecule has 1 heterocycles. The fraction of sp³-hybridized carbons (Fsp3) is 0.222. The summed E-state index contributed by atoms with van der Waals surface area (Å²) in [5.41, 5.74) is 11.6. The first-order valence-corrected chi connectivity index (χ1v) is 7.23. The van der Waals surface area contributed by atoms with E-state index in [1.165, 1.54) is 16.5 Å². The van der Waals surface area contributed by atoms with Crippen LogP contribution in [0.25, 0.3) is 22.2 Å². The number of nitrogens with one attached hydrogen (secondary N) is 1. The highest BCUT2D eigenvalue weighted by Crippen LogP contribution is 2.29. The van der Waals surface area contributed by atoms with Gasteiger partial charge in [-0.15, -0.1) is 0 Å². The summed E-state index contributed by atoms with van der Waals surface area (Å²) in [6.07, 6.45) is 2.00. The minimum atomic E-state index is 0.778. The highest BCUT2D eigenvalue weighted by molar-refractivity contribution is 5.94. The molecule has 0 bridgehead atoms. The van der Waals surface area contributed by atoms with Gasteiger partial charge in [-0.25, -0.2) is 0 Å². The molecular formula is C18H20N2O. The van der Waals surface area contributed by atoms with Crippen LogP contribution in [0.4, 0.5) is 5.69 Å². The maximum absolute atomic E-state index is 6.19. The Labute approximate surface area is 124 Å². The SMILES string of the molecule is COCCCc1cc(N)c2[nH]c(-c3ccccc3)cc2c1. The number of anilines is 1. The van der Waals surface area contributed by atoms with Gasteiger partial charge in [-0.1, -0.05) is 30.3 Å². The molecular weight excluding hydrogens is 260 g/mol. The third kappa shape index (κ3) is 2.93. The third-order valence-corrected chi connectivity index (χ3v) is 3.72. The maximum Gasteiger partial charge on any atom is 0.0692 e. The third-order valence-electron chi connectivity index (χ3n) is 3.72. The van der Waals surface area contributed by atoms with Crippen molar-refractivity contribution in [3.05, 3.63) is 54.1 Å². The first-order valence-electron chi connectivity index (χ1n) is 7.23. The van der Waals surface area contributed by atoms with E-state index in [1.807, 2.05) is 18.2 Å². The second-order valence-electron chi connectivity index (χ2n) is 5.29. The summed E-state index contributed by atoms with van der Waals surface area (Å²) in [7, 11) is 1.73. The average Bonchev–Trinajstić information content (AvgIpc) is 2.93. The Morgan fingerprint density at radius 1 is 1.10 bits per heavy atom. The number of aromatic amines is 1. The molecule has 0 aliphatic rings. The van der Waals surface area contributed by atoms with Gasteiger partial charge in [0, 0.05) is 24.8 Å². The molecule has 0 saturated heterocycles. The molecule has 0 amide bonds. The van der Waals surface area contributed by atoms with Crippen LogP contribution in [0.1, 0.15) is 12.0 Å². The van der Waals surface area contributed by atoms with Crippen molar-refractivity contribution >= 4 is 16.6 Å². The molecule has 0 aliphatic heterocycles. The van der Waals surface area contributed by atoms with E-state index in [0.29, 0.717) is 0 Å². The van der Waals surface area contributed by atoms with Gasteiger partial charge in [0.1, 0.15) is 0 Å². The van der Waals surface area contributed by atoms with E-state index in [2.05, 4.69) is 35.3 Å². The summed E-state index contributed by atoms with van der Waals surface area (Å²) in [6.45, 7) is 0.778. The van der Waals surface area contributed by atoms with Crippen LogP contribution in [0.15, 0.2) is 48.5 Å². The van der Waals surface area contributed by atoms with Crippen LogP contribution in [-0.2, 0) is 11.2 Å². The lowest BCUT2D eigenvalue weighted by Gasteiger charge is -2.04. The monoisotopic (exact) mass is 280 g/mol. The van der Waals surface area contributed by atoms with E-state index in [1.54, 1.807) is 7.11 Å². The van der Waals surface area contributed by atoms with Gasteiger partial charge in [0.25, 0.3) is 0 Å². The van der Waals surface area contributed by atoms with Crippen molar-refractivity contribution < 1.29 is 4.74 Å². The van der Waals surface area contributed by atoms with Gasteiger partial charge in [-0.05, 0) is 42.2 Å². The first-order chi connectivity index (χ1) is 10.3. The zero-order valence-electron chi connectivity index (χ0n) is 12.2. The standard InChI is InChI=1S/C18H20N2O/c1-21-9-5-6-13-10-15-12-17(14-7-3-2-4-8-14)20-18(15)16(19)11-13/h2-4,7-8,10-12,20H,5-6,9,19H2,1H3. The van der Waals surface area contributed by atoms with Gasteiger partial charge >= 0.3 is 0 Å². The Bertz CT molecular complexity index is 732. The van der Waals surface area contributed by atoms with Crippen molar-refractivity contribution in [2.24, 2.45) is 0 Å². The van der Waals surface area contributed by atoms with E-state index >= 15 is 0 Å². The summed E-state index contributed by atoms with van der Waals surface area (Å²) in [5, 5.41) is 1.17. The second kappa shape index (κ2) is 6.02. The van der Waals surface area contributed by atoms with E-state index in [4.69, 9.17) is 10.5 Å².